The lowest BCUT2D eigenvalue weighted by Gasteiger charge is -2.32. The van der Waals surface area contributed by atoms with Gasteiger partial charge in [0.15, 0.2) is 0 Å². The molecule has 2 aromatic heterocycles. The van der Waals surface area contributed by atoms with Crippen molar-refractivity contribution in [3.8, 4) is 0 Å². The first-order chi connectivity index (χ1) is 12.2. The van der Waals surface area contributed by atoms with Crippen LogP contribution >= 0.6 is 11.3 Å². The minimum Gasteiger partial charge on any atom is -0.480 e. The van der Waals surface area contributed by atoms with Crippen molar-refractivity contribution >= 4 is 27.5 Å². The Hall–Kier alpha value is -2.25. The van der Waals surface area contributed by atoms with Crippen LogP contribution in [0.3, 0.4) is 0 Å². The van der Waals surface area contributed by atoms with Crippen LogP contribution in [0.2, 0.25) is 0 Å². The van der Waals surface area contributed by atoms with E-state index >= 15 is 0 Å². The third-order valence-electron chi connectivity index (χ3n) is 4.66. The molecule has 1 atom stereocenters. The second kappa shape index (κ2) is 6.93. The van der Waals surface area contributed by atoms with E-state index in [1.165, 1.54) is 4.70 Å². The maximum atomic E-state index is 11.0. The third-order valence-corrected chi connectivity index (χ3v) is 5.68. The zero-order chi connectivity index (χ0) is 17.2. The van der Waals surface area contributed by atoms with E-state index in [-0.39, 0.29) is 6.54 Å². The van der Waals surface area contributed by atoms with Gasteiger partial charge in [-0.1, -0.05) is 12.1 Å². The number of benzene rings is 1. The number of aromatic nitrogens is 3. The number of aliphatic carboxylic acids is 1. The maximum absolute atomic E-state index is 11.0. The molecule has 0 unspecified atom stereocenters. The molecule has 3 aromatic rings. The van der Waals surface area contributed by atoms with Crippen molar-refractivity contribution in [1.82, 2.24) is 19.7 Å². The Balaban J connectivity index is 1.47. The summed E-state index contributed by atoms with van der Waals surface area (Å²) in [5.41, 5.74) is 2.09. The van der Waals surface area contributed by atoms with Gasteiger partial charge in [-0.15, -0.1) is 11.3 Å². The third kappa shape index (κ3) is 3.57. The lowest BCUT2D eigenvalue weighted by molar-refractivity contribution is -0.137. The molecular formula is C18H20N4O2S. The number of hydrogen-bond acceptors (Lipinski definition) is 5. The fraction of sp³-hybridized carbons (Fsp3) is 0.389. The molecule has 3 heterocycles. The number of carboxylic acids is 1. The molecule has 1 N–H and O–H groups in total. The smallest absolute Gasteiger partial charge is 0.325 e. The summed E-state index contributed by atoms with van der Waals surface area (Å²) in [4.78, 5) is 18.2. The van der Waals surface area contributed by atoms with Crippen LogP contribution in [0.15, 0.2) is 36.5 Å². The van der Waals surface area contributed by atoms with Gasteiger partial charge in [-0.2, -0.15) is 5.10 Å². The van der Waals surface area contributed by atoms with Crippen LogP contribution < -0.4 is 0 Å². The first-order valence-electron chi connectivity index (χ1n) is 8.49. The first kappa shape index (κ1) is 16.2. The fourth-order valence-electron chi connectivity index (χ4n) is 3.57. The van der Waals surface area contributed by atoms with Crippen molar-refractivity contribution in [1.29, 1.82) is 0 Å². The average Bonchev–Trinajstić information content (AvgIpc) is 3.20. The topological polar surface area (TPSA) is 71.2 Å². The van der Waals surface area contributed by atoms with E-state index in [0.29, 0.717) is 5.92 Å². The summed E-state index contributed by atoms with van der Waals surface area (Å²) in [7, 11) is 0. The Kier molecular flexibility index (Phi) is 4.50. The van der Waals surface area contributed by atoms with Gasteiger partial charge in [0.1, 0.15) is 11.6 Å². The SMILES string of the molecule is O=C(O)Cn1nccc1[C@H]1CCCN(Cc2nc3ccccc3s2)C1. The monoisotopic (exact) mass is 356 g/mol. The Morgan fingerprint density at radius 1 is 1.32 bits per heavy atom. The summed E-state index contributed by atoms with van der Waals surface area (Å²) >= 11 is 1.75. The molecule has 0 bridgehead atoms. The number of rotatable bonds is 5. The second-order valence-electron chi connectivity index (χ2n) is 6.46. The normalized spacial score (nSPS) is 18.6. The van der Waals surface area contributed by atoms with Gasteiger partial charge in [0, 0.05) is 24.4 Å². The summed E-state index contributed by atoms with van der Waals surface area (Å²) in [5, 5.41) is 14.4. The lowest BCUT2D eigenvalue weighted by atomic mass is 9.94. The molecular weight excluding hydrogens is 336 g/mol. The highest BCUT2D eigenvalue weighted by Gasteiger charge is 2.25. The van der Waals surface area contributed by atoms with Crippen LogP contribution in [-0.2, 0) is 17.9 Å². The molecule has 4 rings (SSSR count). The Labute approximate surface area is 149 Å². The van der Waals surface area contributed by atoms with E-state index in [4.69, 9.17) is 10.1 Å². The van der Waals surface area contributed by atoms with Crippen molar-refractivity contribution in [2.24, 2.45) is 0 Å². The fourth-order valence-corrected chi connectivity index (χ4v) is 4.58. The minimum absolute atomic E-state index is 0.0727. The molecule has 1 fully saturated rings. The van der Waals surface area contributed by atoms with Crippen molar-refractivity contribution in [2.45, 2.75) is 31.8 Å². The van der Waals surface area contributed by atoms with Gasteiger partial charge in [-0.3, -0.25) is 14.4 Å². The van der Waals surface area contributed by atoms with E-state index in [0.717, 1.165) is 48.7 Å². The standard InChI is InChI=1S/C18H20N4O2S/c23-18(24)12-22-15(7-8-19-22)13-4-3-9-21(10-13)11-17-20-14-5-1-2-6-16(14)25-17/h1-2,5-8,13H,3-4,9-12H2,(H,23,24)/t13-/m0/s1. The average molecular weight is 356 g/mol. The van der Waals surface area contributed by atoms with Crippen LogP contribution in [0.1, 0.15) is 29.5 Å². The summed E-state index contributed by atoms with van der Waals surface area (Å²) in [6, 6.07) is 10.2. The molecule has 1 aliphatic rings. The second-order valence-corrected chi connectivity index (χ2v) is 7.57. The highest BCUT2D eigenvalue weighted by Crippen LogP contribution is 2.29. The Morgan fingerprint density at radius 2 is 2.20 bits per heavy atom. The number of carboxylic acid groups (broad SMARTS) is 1. The van der Waals surface area contributed by atoms with Gasteiger partial charge < -0.3 is 5.11 Å². The molecule has 0 radical (unpaired) electrons. The van der Waals surface area contributed by atoms with Crippen molar-refractivity contribution < 1.29 is 9.90 Å². The van der Waals surface area contributed by atoms with E-state index in [2.05, 4.69) is 22.1 Å². The van der Waals surface area contributed by atoms with Crippen LogP contribution in [0.25, 0.3) is 10.2 Å². The van der Waals surface area contributed by atoms with Gasteiger partial charge in [0.05, 0.1) is 16.8 Å². The molecule has 0 amide bonds. The van der Waals surface area contributed by atoms with Crippen molar-refractivity contribution in [3.63, 3.8) is 0 Å². The number of hydrogen-bond donors (Lipinski definition) is 1. The Morgan fingerprint density at radius 3 is 3.04 bits per heavy atom. The molecule has 25 heavy (non-hydrogen) atoms. The highest BCUT2D eigenvalue weighted by molar-refractivity contribution is 7.18. The lowest BCUT2D eigenvalue weighted by Crippen LogP contribution is -2.34. The molecule has 0 aliphatic carbocycles. The number of piperidine rings is 1. The van der Waals surface area contributed by atoms with Crippen molar-refractivity contribution in [2.75, 3.05) is 13.1 Å². The summed E-state index contributed by atoms with van der Waals surface area (Å²) < 4.78 is 2.85. The molecule has 0 spiro atoms. The number of fused-ring (bicyclic) bond motifs is 1. The van der Waals surface area contributed by atoms with Gasteiger partial charge in [-0.05, 0) is 37.6 Å². The maximum Gasteiger partial charge on any atom is 0.325 e. The van der Waals surface area contributed by atoms with Crippen LogP contribution in [0, 0.1) is 0 Å². The number of carbonyl (C=O) groups is 1. The van der Waals surface area contributed by atoms with Crippen LogP contribution in [0.5, 0.6) is 0 Å². The first-order valence-corrected chi connectivity index (χ1v) is 9.31. The zero-order valence-corrected chi connectivity index (χ0v) is 14.7. The molecule has 1 saturated heterocycles. The van der Waals surface area contributed by atoms with E-state index in [1.807, 2.05) is 18.2 Å². The predicted molar refractivity (Wildman–Crippen MR) is 96.7 cm³/mol. The molecule has 7 heteroatoms. The molecule has 6 nitrogen and oxygen atoms in total. The summed E-state index contributed by atoms with van der Waals surface area (Å²) in [5.74, 6) is -0.530. The molecule has 1 aromatic carbocycles. The summed E-state index contributed by atoms with van der Waals surface area (Å²) in [6.07, 6.45) is 3.88. The van der Waals surface area contributed by atoms with E-state index < -0.39 is 5.97 Å². The number of thiazole rings is 1. The highest BCUT2D eigenvalue weighted by atomic mass is 32.1. The van der Waals surface area contributed by atoms with Gasteiger partial charge in [0.2, 0.25) is 0 Å². The molecule has 1 aliphatic heterocycles. The van der Waals surface area contributed by atoms with Crippen LogP contribution in [0.4, 0.5) is 0 Å². The van der Waals surface area contributed by atoms with Gasteiger partial charge >= 0.3 is 5.97 Å². The van der Waals surface area contributed by atoms with Crippen molar-refractivity contribution in [3.05, 3.63) is 47.2 Å². The number of likely N-dealkylation sites (tertiary alicyclic amines) is 1. The number of nitrogens with zero attached hydrogens (tertiary/aromatic N) is 4. The van der Waals surface area contributed by atoms with E-state index in [9.17, 15) is 4.79 Å². The Bertz CT molecular complexity index is 855. The van der Waals surface area contributed by atoms with Gasteiger partial charge in [0.25, 0.3) is 0 Å². The number of para-hydroxylation sites is 1. The predicted octanol–water partition coefficient (Wildman–Crippen LogP) is 2.96. The van der Waals surface area contributed by atoms with E-state index in [1.54, 1.807) is 22.2 Å². The summed E-state index contributed by atoms with van der Waals surface area (Å²) in [6.45, 7) is 2.75. The minimum atomic E-state index is -0.855. The molecule has 130 valence electrons. The van der Waals surface area contributed by atoms with Gasteiger partial charge in [-0.25, -0.2) is 4.98 Å². The largest absolute Gasteiger partial charge is 0.480 e. The quantitative estimate of drug-likeness (QED) is 0.761. The molecule has 0 saturated carbocycles. The van der Waals surface area contributed by atoms with Crippen LogP contribution in [-0.4, -0.2) is 43.8 Å². The zero-order valence-electron chi connectivity index (χ0n) is 13.8.